The van der Waals surface area contributed by atoms with Crippen LogP contribution in [0.1, 0.15) is 33.1 Å². The summed E-state index contributed by atoms with van der Waals surface area (Å²) in [6.45, 7) is 3.89. The van der Waals surface area contributed by atoms with Gasteiger partial charge in [0, 0.05) is 24.5 Å². The van der Waals surface area contributed by atoms with E-state index in [9.17, 15) is 18.0 Å². The van der Waals surface area contributed by atoms with Gasteiger partial charge in [-0.05, 0) is 12.8 Å². The number of carbonyl (C=O) groups is 1. The number of halogens is 4. The number of carbonyl (C=O) groups excluding carboxylic acids is 1. The average Bonchev–Trinajstić information content (AvgIpc) is 2.36. The van der Waals surface area contributed by atoms with Crippen LogP contribution in [-0.2, 0) is 9.53 Å². The first-order valence-corrected chi connectivity index (χ1v) is 6.86. The van der Waals surface area contributed by atoms with Gasteiger partial charge < -0.3 is 15.8 Å². The molecule has 21 heavy (non-hydrogen) atoms. The highest BCUT2D eigenvalue weighted by Gasteiger charge is 2.70. The molecule has 2 fully saturated rings. The zero-order chi connectivity index (χ0) is 15.2. The summed E-state index contributed by atoms with van der Waals surface area (Å²) in [6, 6.07) is 0. The third-order valence-corrected chi connectivity index (χ3v) is 4.75. The normalized spacial score (nSPS) is 34.2. The minimum Gasteiger partial charge on any atom is -0.377 e. The van der Waals surface area contributed by atoms with Crippen LogP contribution >= 0.6 is 12.4 Å². The van der Waals surface area contributed by atoms with Crippen LogP contribution in [0.2, 0.25) is 0 Å². The van der Waals surface area contributed by atoms with Gasteiger partial charge in [-0.3, -0.25) is 4.79 Å². The number of amides is 1. The summed E-state index contributed by atoms with van der Waals surface area (Å²) in [4.78, 5) is 12.2. The summed E-state index contributed by atoms with van der Waals surface area (Å²) >= 11 is 0. The van der Waals surface area contributed by atoms with Crippen molar-refractivity contribution in [2.45, 2.75) is 50.9 Å². The summed E-state index contributed by atoms with van der Waals surface area (Å²) in [5.74, 6) is -0.615. The fourth-order valence-corrected chi connectivity index (χ4v) is 3.50. The number of nitrogens with two attached hydrogens (primary N) is 1. The van der Waals surface area contributed by atoms with Gasteiger partial charge in [-0.15, -0.1) is 12.4 Å². The van der Waals surface area contributed by atoms with Crippen molar-refractivity contribution in [1.29, 1.82) is 0 Å². The maximum atomic E-state index is 12.2. The first kappa shape index (κ1) is 18.5. The molecule has 1 heterocycles. The number of alkyl halides is 3. The van der Waals surface area contributed by atoms with E-state index in [4.69, 9.17) is 10.5 Å². The molecule has 0 radical (unpaired) electrons. The van der Waals surface area contributed by atoms with Gasteiger partial charge in [0.15, 0.2) is 0 Å². The Bertz CT molecular complexity index is 403. The lowest BCUT2D eigenvalue weighted by Gasteiger charge is -2.65. The maximum absolute atomic E-state index is 12.2. The molecule has 124 valence electrons. The van der Waals surface area contributed by atoms with Crippen LogP contribution in [0.3, 0.4) is 0 Å². The molecule has 3 N–H and O–H groups in total. The van der Waals surface area contributed by atoms with Crippen LogP contribution in [0, 0.1) is 11.3 Å². The molecule has 2 aliphatic rings. The van der Waals surface area contributed by atoms with Crippen molar-refractivity contribution in [3.8, 4) is 0 Å². The molecular formula is C13H22ClF3N2O2. The molecule has 0 aromatic carbocycles. The van der Waals surface area contributed by atoms with E-state index in [0.29, 0.717) is 6.61 Å². The minimum atomic E-state index is -4.28. The molecule has 8 heteroatoms. The molecule has 4 nitrogen and oxygen atoms in total. The number of rotatable bonds is 3. The second kappa shape index (κ2) is 5.93. The van der Waals surface area contributed by atoms with Crippen molar-refractivity contribution in [2.24, 2.45) is 17.1 Å². The van der Waals surface area contributed by atoms with Crippen molar-refractivity contribution in [1.82, 2.24) is 5.32 Å². The Morgan fingerprint density at radius 2 is 2.05 bits per heavy atom. The first-order valence-electron chi connectivity index (χ1n) is 6.86. The lowest BCUT2D eigenvalue weighted by Crippen LogP contribution is -2.82. The Balaban J connectivity index is 0.00000220. The van der Waals surface area contributed by atoms with Crippen LogP contribution in [0.5, 0.6) is 0 Å². The number of hydrogen-bond donors (Lipinski definition) is 2. The van der Waals surface area contributed by atoms with Gasteiger partial charge in [-0.2, -0.15) is 13.2 Å². The lowest BCUT2D eigenvalue weighted by atomic mass is 9.46. The minimum absolute atomic E-state index is 0. The fraction of sp³-hybridized carbons (Fsp3) is 0.923. The third-order valence-electron chi connectivity index (χ3n) is 4.75. The molecule has 0 aromatic rings. The van der Waals surface area contributed by atoms with Crippen molar-refractivity contribution in [2.75, 3.05) is 13.2 Å². The summed E-state index contributed by atoms with van der Waals surface area (Å²) < 4.78 is 42.0. The van der Waals surface area contributed by atoms with E-state index in [1.807, 2.05) is 13.8 Å². The van der Waals surface area contributed by atoms with Crippen LogP contribution < -0.4 is 11.1 Å². The molecule has 0 spiro atoms. The molecule has 1 amide bonds. The highest BCUT2D eigenvalue weighted by Crippen LogP contribution is 2.57. The molecule has 3 atom stereocenters. The van der Waals surface area contributed by atoms with E-state index >= 15 is 0 Å². The molecule has 1 saturated carbocycles. The van der Waals surface area contributed by atoms with E-state index in [1.54, 1.807) is 0 Å². The highest BCUT2D eigenvalue weighted by molar-refractivity contribution is 5.89. The van der Waals surface area contributed by atoms with Gasteiger partial charge >= 0.3 is 6.18 Å². The Labute approximate surface area is 128 Å². The second-order valence-corrected chi connectivity index (χ2v) is 6.25. The Kier molecular flexibility index (Phi) is 5.23. The molecule has 0 aromatic heterocycles. The van der Waals surface area contributed by atoms with E-state index < -0.39 is 36.0 Å². The summed E-state index contributed by atoms with van der Waals surface area (Å²) in [5.41, 5.74) is 4.54. The van der Waals surface area contributed by atoms with Gasteiger partial charge in [0.05, 0.1) is 12.5 Å². The predicted octanol–water partition coefficient (Wildman–Crippen LogP) is 2.01. The Hall–Kier alpha value is -0.530. The number of nitrogens with one attached hydrogen (secondary N) is 1. The van der Waals surface area contributed by atoms with E-state index in [0.717, 1.165) is 12.8 Å². The van der Waals surface area contributed by atoms with Gasteiger partial charge in [0.1, 0.15) is 5.54 Å². The smallest absolute Gasteiger partial charge is 0.377 e. The largest absolute Gasteiger partial charge is 0.390 e. The van der Waals surface area contributed by atoms with Crippen molar-refractivity contribution < 1.29 is 22.7 Å². The molecule has 3 unspecified atom stereocenters. The Morgan fingerprint density at radius 3 is 2.62 bits per heavy atom. The SMILES string of the molecule is CC1(C)C2OCCCC2C1(N)C(=O)NCCC(F)(F)F.Cl. The molecule has 2 rings (SSSR count). The molecule has 1 aliphatic carbocycles. The van der Waals surface area contributed by atoms with E-state index in [1.165, 1.54) is 0 Å². The average molecular weight is 331 g/mol. The van der Waals surface area contributed by atoms with Crippen molar-refractivity contribution in [3.63, 3.8) is 0 Å². The maximum Gasteiger partial charge on any atom is 0.390 e. The molecule has 0 bridgehead atoms. The van der Waals surface area contributed by atoms with Crippen LogP contribution in [-0.4, -0.2) is 36.9 Å². The van der Waals surface area contributed by atoms with Gasteiger partial charge in [-0.1, -0.05) is 13.8 Å². The Morgan fingerprint density at radius 1 is 1.43 bits per heavy atom. The zero-order valence-corrected chi connectivity index (χ0v) is 12.9. The monoisotopic (exact) mass is 330 g/mol. The summed E-state index contributed by atoms with van der Waals surface area (Å²) in [5, 5.41) is 2.33. The number of fused-ring (bicyclic) bond motifs is 1. The second-order valence-electron chi connectivity index (χ2n) is 6.25. The molecular weight excluding hydrogens is 309 g/mol. The topological polar surface area (TPSA) is 64.3 Å². The third kappa shape index (κ3) is 3.00. The van der Waals surface area contributed by atoms with Crippen molar-refractivity contribution in [3.05, 3.63) is 0 Å². The van der Waals surface area contributed by atoms with Gasteiger partial charge in [0.25, 0.3) is 0 Å². The first-order chi connectivity index (χ1) is 9.11. The lowest BCUT2D eigenvalue weighted by molar-refractivity contribution is -0.225. The van der Waals surface area contributed by atoms with E-state index in [2.05, 4.69) is 5.32 Å². The van der Waals surface area contributed by atoms with Gasteiger partial charge in [-0.25, -0.2) is 0 Å². The molecule has 1 saturated heterocycles. The predicted molar refractivity (Wildman–Crippen MR) is 74.1 cm³/mol. The van der Waals surface area contributed by atoms with Crippen LogP contribution in [0.4, 0.5) is 13.2 Å². The summed E-state index contributed by atoms with van der Waals surface area (Å²) in [6.07, 6.45) is -3.81. The quantitative estimate of drug-likeness (QED) is 0.832. The van der Waals surface area contributed by atoms with Crippen molar-refractivity contribution >= 4 is 18.3 Å². The van der Waals surface area contributed by atoms with Gasteiger partial charge in [0.2, 0.25) is 5.91 Å². The number of hydrogen-bond acceptors (Lipinski definition) is 3. The zero-order valence-electron chi connectivity index (χ0n) is 12.1. The fourth-order valence-electron chi connectivity index (χ4n) is 3.50. The number of ether oxygens (including phenoxy) is 1. The van der Waals surface area contributed by atoms with Crippen LogP contribution in [0.15, 0.2) is 0 Å². The van der Waals surface area contributed by atoms with Crippen LogP contribution in [0.25, 0.3) is 0 Å². The standard InChI is InChI=1S/C13H21F3N2O2.ClH/c1-11(2)9-8(4-3-7-20-9)13(11,17)10(19)18-6-5-12(14,15)16;/h8-9H,3-7,17H2,1-2H3,(H,18,19);1H. The van der Waals surface area contributed by atoms with E-state index in [-0.39, 0.29) is 24.4 Å². The molecule has 1 aliphatic heterocycles. The highest BCUT2D eigenvalue weighted by atomic mass is 35.5. The summed E-state index contributed by atoms with van der Waals surface area (Å²) in [7, 11) is 0.